The van der Waals surface area contributed by atoms with E-state index in [1.54, 1.807) is 7.05 Å². The lowest BCUT2D eigenvalue weighted by Crippen LogP contribution is -2.60. The molecule has 0 aromatic rings. The third kappa shape index (κ3) is 7.03. The summed E-state index contributed by atoms with van der Waals surface area (Å²) in [5.74, 6) is -0.0274. The molecular weight excluding hydrogens is 344 g/mol. The van der Waals surface area contributed by atoms with Crippen molar-refractivity contribution in [2.45, 2.75) is 91.3 Å². The third-order valence-corrected chi connectivity index (χ3v) is 5.42. The molecule has 152 valence electrons. The van der Waals surface area contributed by atoms with Crippen molar-refractivity contribution in [2.24, 2.45) is 5.41 Å². The molecule has 0 heterocycles. The number of rotatable bonds is 8. The summed E-state index contributed by atoms with van der Waals surface area (Å²) < 4.78 is 0. The molecular formula is C20H40N4OS. The van der Waals surface area contributed by atoms with Gasteiger partial charge in [0.15, 0.2) is 5.11 Å². The van der Waals surface area contributed by atoms with Gasteiger partial charge in [-0.25, -0.2) is 0 Å². The maximum Gasteiger partial charge on any atom is 0.242 e. The maximum atomic E-state index is 12.3. The minimum atomic E-state index is -0.350. The molecule has 0 spiro atoms. The maximum absolute atomic E-state index is 12.3. The lowest BCUT2D eigenvalue weighted by atomic mass is 9.86. The van der Waals surface area contributed by atoms with Crippen molar-refractivity contribution in [3.8, 4) is 0 Å². The fraction of sp³-hybridized carbons (Fsp3) is 0.900. The Bertz CT molecular complexity index is 444. The molecule has 3 atom stereocenters. The molecule has 0 unspecified atom stereocenters. The van der Waals surface area contributed by atoms with Crippen molar-refractivity contribution in [3.63, 3.8) is 0 Å². The predicted molar refractivity (Wildman–Crippen MR) is 114 cm³/mol. The zero-order chi connectivity index (χ0) is 19.7. The van der Waals surface area contributed by atoms with E-state index < -0.39 is 0 Å². The Hall–Kier alpha value is -0.880. The quantitative estimate of drug-likeness (QED) is 0.562. The van der Waals surface area contributed by atoms with Gasteiger partial charge < -0.3 is 16.0 Å². The molecule has 5 nitrogen and oxygen atoms in total. The molecule has 0 aliphatic heterocycles. The van der Waals surface area contributed by atoms with Crippen LogP contribution in [0, 0.1) is 5.41 Å². The number of nitrogens with zero attached hydrogens (tertiary/aromatic N) is 1. The lowest BCUT2D eigenvalue weighted by Gasteiger charge is -2.41. The summed E-state index contributed by atoms with van der Waals surface area (Å²) in [6.07, 6.45) is 7.23. The van der Waals surface area contributed by atoms with Crippen LogP contribution in [0.5, 0.6) is 0 Å². The van der Waals surface area contributed by atoms with Crippen molar-refractivity contribution < 1.29 is 4.79 Å². The molecule has 0 bridgehead atoms. The Morgan fingerprint density at radius 2 is 1.73 bits per heavy atom. The van der Waals surface area contributed by atoms with Crippen LogP contribution in [0.3, 0.4) is 0 Å². The Kier molecular flexibility index (Phi) is 9.86. The number of hydrogen-bond acceptors (Lipinski definition) is 3. The van der Waals surface area contributed by atoms with Crippen molar-refractivity contribution in [1.29, 1.82) is 0 Å². The monoisotopic (exact) mass is 384 g/mol. The fourth-order valence-corrected chi connectivity index (χ4v) is 4.16. The van der Waals surface area contributed by atoms with E-state index in [9.17, 15) is 4.79 Å². The Morgan fingerprint density at radius 3 is 2.23 bits per heavy atom. The zero-order valence-corrected chi connectivity index (χ0v) is 18.5. The van der Waals surface area contributed by atoms with Crippen molar-refractivity contribution in [1.82, 2.24) is 20.9 Å². The average molecular weight is 385 g/mol. The molecule has 0 radical (unpaired) electrons. The zero-order valence-electron chi connectivity index (χ0n) is 17.7. The number of amides is 1. The van der Waals surface area contributed by atoms with Gasteiger partial charge in [-0.2, -0.15) is 0 Å². The van der Waals surface area contributed by atoms with E-state index in [0.29, 0.717) is 17.2 Å². The highest BCUT2D eigenvalue weighted by Gasteiger charge is 2.33. The van der Waals surface area contributed by atoms with Crippen LogP contribution in [0.25, 0.3) is 0 Å². The van der Waals surface area contributed by atoms with Crippen LogP contribution in [-0.2, 0) is 4.79 Å². The normalized spacial score (nSPS) is 22.0. The molecule has 1 saturated carbocycles. The second-order valence-electron chi connectivity index (χ2n) is 8.53. The van der Waals surface area contributed by atoms with Gasteiger partial charge >= 0.3 is 0 Å². The molecule has 6 heteroatoms. The van der Waals surface area contributed by atoms with Gasteiger partial charge in [0.1, 0.15) is 6.04 Å². The second kappa shape index (κ2) is 11.1. The molecule has 0 aromatic carbocycles. The third-order valence-electron chi connectivity index (χ3n) is 5.19. The van der Waals surface area contributed by atoms with Crippen LogP contribution in [0.4, 0.5) is 0 Å². The van der Waals surface area contributed by atoms with E-state index in [-0.39, 0.29) is 17.4 Å². The number of hydrogen-bond donors (Lipinski definition) is 3. The van der Waals surface area contributed by atoms with E-state index in [1.807, 2.05) is 0 Å². The molecule has 1 fully saturated rings. The highest BCUT2D eigenvalue weighted by atomic mass is 32.1. The van der Waals surface area contributed by atoms with Crippen molar-refractivity contribution in [2.75, 3.05) is 20.1 Å². The smallest absolute Gasteiger partial charge is 0.242 e. The lowest BCUT2D eigenvalue weighted by molar-refractivity contribution is -0.124. The van der Waals surface area contributed by atoms with Crippen LogP contribution in [0.2, 0.25) is 0 Å². The molecule has 1 rings (SSSR count). The van der Waals surface area contributed by atoms with E-state index >= 15 is 0 Å². The van der Waals surface area contributed by atoms with E-state index in [1.165, 1.54) is 32.1 Å². The summed E-state index contributed by atoms with van der Waals surface area (Å²) in [6.45, 7) is 12.9. The first-order chi connectivity index (χ1) is 12.2. The highest BCUT2D eigenvalue weighted by Crippen LogP contribution is 2.24. The largest absolute Gasteiger partial charge is 0.358 e. The van der Waals surface area contributed by atoms with Crippen LogP contribution in [-0.4, -0.2) is 54.2 Å². The molecule has 3 N–H and O–H groups in total. The van der Waals surface area contributed by atoms with Gasteiger partial charge in [0.2, 0.25) is 5.91 Å². The van der Waals surface area contributed by atoms with Gasteiger partial charge in [-0.3, -0.25) is 9.69 Å². The van der Waals surface area contributed by atoms with Gasteiger partial charge in [0.25, 0.3) is 0 Å². The predicted octanol–water partition coefficient (Wildman–Crippen LogP) is 3.04. The Balaban J connectivity index is 2.78. The summed E-state index contributed by atoms with van der Waals surface area (Å²) in [7, 11) is 1.67. The summed E-state index contributed by atoms with van der Waals surface area (Å²) >= 11 is 5.60. The number of carbonyl (C=O) groups excluding carboxylic acids is 1. The number of thiocarbonyl (C=S) groups is 1. The van der Waals surface area contributed by atoms with Gasteiger partial charge in [-0.1, -0.05) is 47.5 Å². The minimum absolute atomic E-state index is 0.0274. The molecule has 1 aliphatic carbocycles. The van der Waals surface area contributed by atoms with Gasteiger partial charge in [0.05, 0.1) is 0 Å². The first-order valence-electron chi connectivity index (χ1n) is 10.3. The SMILES string of the molecule is CCCN(CCC)[C@@H]1CCCC[C@H]1NC(=S)N[C@H](C(=O)NC)C(C)(C)C. The van der Waals surface area contributed by atoms with Gasteiger partial charge in [0, 0.05) is 19.1 Å². The summed E-state index contributed by atoms with van der Waals surface area (Å²) in [5.41, 5.74) is -0.214. The fourth-order valence-electron chi connectivity index (χ4n) is 3.90. The first-order valence-corrected chi connectivity index (χ1v) is 10.7. The van der Waals surface area contributed by atoms with Crippen molar-refractivity contribution in [3.05, 3.63) is 0 Å². The molecule has 1 amide bonds. The molecule has 26 heavy (non-hydrogen) atoms. The van der Waals surface area contributed by atoms with Gasteiger partial charge in [-0.15, -0.1) is 0 Å². The molecule has 0 saturated heterocycles. The number of nitrogens with one attached hydrogen (secondary N) is 3. The summed E-state index contributed by atoms with van der Waals surface area (Å²) in [5, 5.41) is 10.2. The van der Waals surface area contributed by atoms with Crippen LogP contribution in [0.1, 0.15) is 73.1 Å². The Labute approximate surface area is 166 Å². The highest BCUT2D eigenvalue weighted by molar-refractivity contribution is 7.80. The topological polar surface area (TPSA) is 56.4 Å². The Morgan fingerprint density at radius 1 is 1.15 bits per heavy atom. The van der Waals surface area contributed by atoms with Crippen LogP contribution >= 0.6 is 12.2 Å². The van der Waals surface area contributed by atoms with Crippen LogP contribution in [0.15, 0.2) is 0 Å². The van der Waals surface area contributed by atoms with E-state index in [4.69, 9.17) is 12.2 Å². The van der Waals surface area contributed by atoms with E-state index in [2.05, 4.69) is 55.5 Å². The molecule has 0 aromatic heterocycles. The summed E-state index contributed by atoms with van der Waals surface area (Å²) in [6, 6.07) is 0.528. The minimum Gasteiger partial charge on any atom is -0.358 e. The standard InChI is InChI=1S/C20H40N4OS/c1-7-13-24(14-8-2)16-12-10-9-11-15(16)22-19(26)23-17(18(25)21-6)20(3,4)5/h15-17H,7-14H2,1-6H3,(H,21,25)(H2,22,23,26)/t15-,16-,17-/m1/s1. The van der Waals surface area contributed by atoms with Crippen molar-refractivity contribution >= 4 is 23.2 Å². The summed E-state index contributed by atoms with van der Waals surface area (Å²) in [4.78, 5) is 14.9. The molecule has 1 aliphatic rings. The number of carbonyl (C=O) groups is 1. The number of likely N-dealkylation sites (N-methyl/N-ethyl adjacent to an activating group) is 1. The average Bonchev–Trinajstić information content (AvgIpc) is 2.58. The van der Waals surface area contributed by atoms with E-state index in [0.717, 1.165) is 19.5 Å². The van der Waals surface area contributed by atoms with Crippen LogP contribution < -0.4 is 16.0 Å². The first kappa shape index (κ1) is 23.2. The second-order valence-corrected chi connectivity index (χ2v) is 8.93. The van der Waals surface area contributed by atoms with Gasteiger partial charge in [-0.05, 0) is 56.4 Å².